The Morgan fingerprint density at radius 2 is 2.00 bits per heavy atom. The van der Waals surface area contributed by atoms with Gasteiger partial charge in [-0.2, -0.15) is 5.26 Å². The molecule has 0 aromatic heterocycles. The molecule has 0 bridgehead atoms. The van der Waals surface area contributed by atoms with Crippen LogP contribution in [0.2, 0.25) is 10.0 Å². The molecule has 108 valence electrons. The molecule has 0 aliphatic rings. The van der Waals surface area contributed by atoms with E-state index in [1.165, 1.54) is 11.1 Å². The number of guanidine groups is 1. The first-order valence-electron chi connectivity index (χ1n) is 5.20. The van der Waals surface area contributed by atoms with Crippen molar-refractivity contribution < 1.29 is 4.79 Å². The van der Waals surface area contributed by atoms with Crippen molar-refractivity contribution in [3.05, 3.63) is 28.2 Å². The number of halogens is 2. The minimum atomic E-state index is -0.322. The summed E-state index contributed by atoms with van der Waals surface area (Å²) in [4.78, 5) is 12.7. The van der Waals surface area contributed by atoms with Gasteiger partial charge in [-0.05, 0) is 18.2 Å². The van der Waals surface area contributed by atoms with Crippen molar-refractivity contribution in [1.82, 2.24) is 10.2 Å². The van der Waals surface area contributed by atoms with Crippen LogP contribution in [0.25, 0.3) is 0 Å². The number of anilines is 1. The topological polar surface area (TPSA) is 118 Å². The fraction of sp³-hybridized carbons (Fsp3) is 0.182. The second kappa shape index (κ2) is 8.85. The predicted molar refractivity (Wildman–Crippen MR) is 79.8 cm³/mol. The first kappa shape index (κ1) is 17.8. The van der Waals surface area contributed by atoms with Gasteiger partial charge in [0.05, 0.1) is 10.0 Å². The van der Waals surface area contributed by atoms with Crippen molar-refractivity contribution in [2.24, 2.45) is 5.73 Å². The summed E-state index contributed by atoms with van der Waals surface area (Å²) in [6.45, 7) is 0. The standard InChI is InChI=1S/C9H10Cl2N2O.C2H4N4/c1-13(2)9(14)12-6-3-4-7(10)8(11)5-6;3-1-6-2(4)5/h3-5H,1-2H3,(H,12,14);(H4,4,5,6). The van der Waals surface area contributed by atoms with Crippen LogP contribution >= 0.6 is 23.2 Å². The van der Waals surface area contributed by atoms with Gasteiger partial charge in [-0.3, -0.25) is 10.7 Å². The van der Waals surface area contributed by atoms with Crippen LogP contribution in [0, 0.1) is 16.9 Å². The fourth-order valence-corrected chi connectivity index (χ4v) is 1.17. The number of nitriles is 1. The van der Waals surface area contributed by atoms with Crippen molar-refractivity contribution in [2.75, 3.05) is 19.4 Å². The molecule has 0 saturated carbocycles. The average Bonchev–Trinajstić information content (AvgIpc) is 2.34. The minimum absolute atomic E-state index is 0.205. The van der Waals surface area contributed by atoms with E-state index in [4.69, 9.17) is 33.9 Å². The van der Waals surface area contributed by atoms with Crippen molar-refractivity contribution in [1.29, 1.82) is 10.7 Å². The van der Waals surface area contributed by atoms with Gasteiger partial charge in [0.2, 0.25) is 0 Å². The number of urea groups is 1. The molecule has 1 aromatic rings. The zero-order valence-corrected chi connectivity index (χ0v) is 12.4. The van der Waals surface area contributed by atoms with Gasteiger partial charge in [-0.1, -0.05) is 23.2 Å². The number of nitrogens with zero attached hydrogens (tertiary/aromatic N) is 2. The summed E-state index contributed by atoms with van der Waals surface area (Å²) in [5.74, 6) is -0.322. The number of amides is 2. The molecule has 7 nitrogen and oxygen atoms in total. The van der Waals surface area contributed by atoms with E-state index in [1.807, 2.05) is 5.32 Å². The molecule has 0 fully saturated rings. The van der Waals surface area contributed by atoms with Crippen LogP contribution in [0.15, 0.2) is 18.2 Å². The lowest BCUT2D eigenvalue weighted by Crippen LogP contribution is -2.27. The lowest BCUT2D eigenvalue weighted by atomic mass is 10.3. The van der Waals surface area contributed by atoms with Crippen molar-refractivity contribution in [2.45, 2.75) is 0 Å². The molecule has 2 amide bonds. The van der Waals surface area contributed by atoms with Gasteiger partial charge in [-0.15, -0.1) is 0 Å². The molecule has 0 spiro atoms. The van der Waals surface area contributed by atoms with Crippen LogP contribution in [-0.2, 0) is 0 Å². The second-order valence-corrected chi connectivity index (χ2v) is 4.42. The maximum absolute atomic E-state index is 11.2. The number of hydrogen-bond acceptors (Lipinski definition) is 3. The molecule has 0 saturated heterocycles. The first-order valence-corrected chi connectivity index (χ1v) is 5.96. The molecule has 0 heterocycles. The highest BCUT2D eigenvalue weighted by atomic mass is 35.5. The Hall–Kier alpha value is -2.17. The van der Waals surface area contributed by atoms with E-state index < -0.39 is 0 Å². The lowest BCUT2D eigenvalue weighted by Gasteiger charge is -2.12. The number of rotatable bonds is 1. The molecular weight excluding hydrogens is 303 g/mol. The Morgan fingerprint density at radius 3 is 2.35 bits per heavy atom. The van der Waals surface area contributed by atoms with Crippen molar-refractivity contribution in [3.63, 3.8) is 0 Å². The third-order valence-electron chi connectivity index (χ3n) is 1.77. The highest BCUT2D eigenvalue weighted by Crippen LogP contribution is 2.24. The Kier molecular flexibility index (Phi) is 7.89. The van der Waals surface area contributed by atoms with Crippen LogP contribution < -0.4 is 16.4 Å². The summed E-state index contributed by atoms with van der Waals surface area (Å²) in [5, 5.41) is 19.4. The smallest absolute Gasteiger partial charge is 0.321 e. The Bertz CT molecular complexity index is 526. The number of nitrogens with one attached hydrogen (secondary N) is 3. The number of benzene rings is 1. The number of nitrogens with two attached hydrogens (primary N) is 1. The summed E-state index contributed by atoms with van der Waals surface area (Å²) in [6.07, 6.45) is 1.47. The van der Waals surface area contributed by atoms with Gasteiger partial charge < -0.3 is 16.0 Å². The van der Waals surface area contributed by atoms with Gasteiger partial charge in [0.15, 0.2) is 12.2 Å². The average molecular weight is 317 g/mol. The van der Waals surface area contributed by atoms with Gasteiger partial charge >= 0.3 is 6.03 Å². The molecule has 1 aromatic carbocycles. The van der Waals surface area contributed by atoms with E-state index in [-0.39, 0.29) is 12.0 Å². The first-order chi connectivity index (χ1) is 9.27. The van der Waals surface area contributed by atoms with E-state index in [2.05, 4.69) is 11.1 Å². The maximum Gasteiger partial charge on any atom is 0.321 e. The molecule has 1 rings (SSSR count). The van der Waals surface area contributed by atoms with Crippen LogP contribution in [0.4, 0.5) is 10.5 Å². The summed E-state index contributed by atoms with van der Waals surface area (Å²) in [5.41, 5.74) is 5.28. The summed E-state index contributed by atoms with van der Waals surface area (Å²) < 4.78 is 0. The minimum Gasteiger partial charge on any atom is -0.369 e. The van der Waals surface area contributed by atoms with Crippen LogP contribution in [0.1, 0.15) is 0 Å². The summed E-state index contributed by atoms with van der Waals surface area (Å²) >= 11 is 11.5. The zero-order chi connectivity index (χ0) is 15.7. The monoisotopic (exact) mass is 316 g/mol. The third-order valence-corrected chi connectivity index (χ3v) is 2.51. The number of carbonyl (C=O) groups is 1. The highest BCUT2D eigenvalue weighted by Gasteiger charge is 2.05. The molecule has 0 unspecified atom stereocenters. The summed E-state index contributed by atoms with van der Waals surface area (Å²) in [6, 6.07) is 4.72. The van der Waals surface area contributed by atoms with E-state index in [0.29, 0.717) is 15.7 Å². The molecule has 0 aliphatic heterocycles. The van der Waals surface area contributed by atoms with Crippen molar-refractivity contribution >= 4 is 40.9 Å². The summed E-state index contributed by atoms with van der Waals surface area (Å²) in [7, 11) is 3.32. The largest absolute Gasteiger partial charge is 0.369 e. The molecule has 5 N–H and O–H groups in total. The van der Waals surface area contributed by atoms with Crippen LogP contribution in [-0.4, -0.2) is 31.0 Å². The lowest BCUT2D eigenvalue weighted by molar-refractivity contribution is 0.230. The van der Waals surface area contributed by atoms with Gasteiger partial charge in [0.1, 0.15) is 0 Å². The molecule has 9 heteroatoms. The normalized spacial score (nSPS) is 8.55. The second-order valence-electron chi connectivity index (χ2n) is 3.60. The predicted octanol–water partition coefficient (Wildman–Crippen LogP) is 2.04. The van der Waals surface area contributed by atoms with Gasteiger partial charge in [0.25, 0.3) is 0 Å². The SMILES string of the molecule is CN(C)C(=O)Nc1ccc(Cl)c(Cl)c1.N#CNC(=N)N. The number of carbonyl (C=O) groups excluding carboxylic acids is 1. The fourth-order valence-electron chi connectivity index (χ4n) is 0.869. The van der Waals surface area contributed by atoms with E-state index in [1.54, 1.807) is 32.3 Å². The van der Waals surface area contributed by atoms with Gasteiger partial charge in [-0.25, -0.2) is 4.79 Å². The Morgan fingerprint density at radius 1 is 1.40 bits per heavy atom. The molecule has 0 atom stereocenters. The van der Waals surface area contributed by atoms with E-state index >= 15 is 0 Å². The van der Waals surface area contributed by atoms with E-state index in [0.717, 1.165) is 0 Å². The zero-order valence-electron chi connectivity index (χ0n) is 10.9. The number of hydrogen-bond donors (Lipinski definition) is 4. The van der Waals surface area contributed by atoms with E-state index in [9.17, 15) is 4.79 Å². The highest BCUT2D eigenvalue weighted by molar-refractivity contribution is 6.42. The molecular formula is C11H14Cl2N6O. The quantitative estimate of drug-likeness (QED) is 0.274. The molecule has 0 aliphatic carbocycles. The Labute approximate surface area is 126 Å². The molecule has 20 heavy (non-hydrogen) atoms. The Balaban J connectivity index is 0.000000511. The molecule has 0 radical (unpaired) electrons. The maximum atomic E-state index is 11.2. The van der Waals surface area contributed by atoms with Crippen molar-refractivity contribution in [3.8, 4) is 6.19 Å². The third kappa shape index (κ3) is 7.31. The van der Waals surface area contributed by atoms with Crippen LogP contribution in [0.3, 0.4) is 0 Å². The van der Waals surface area contributed by atoms with Gasteiger partial charge in [0, 0.05) is 19.8 Å². The van der Waals surface area contributed by atoms with Crippen LogP contribution in [0.5, 0.6) is 0 Å².